The second-order valence-corrected chi connectivity index (χ2v) is 20.6. The van der Waals surface area contributed by atoms with E-state index in [1.54, 1.807) is 34.0 Å². The van der Waals surface area contributed by atoms with Crippen molar-refractivity contribution in [1.29, 1.82) is 0 Å². The fourth-order valence-corrected chi connectivity index (χ4v) is 12.4. The molecular weight excluding hydrogens is 945 g/mol. The monoisotopic (exact) mass is 992 g/mol. The Morgan fingerprint density at radius 3 is 0.562 bits per heavy atom. The highest BCUT2D eigenvalue weighted by Crippen LogP contribution is 2.46. The molecule has 0 bridgehead atoms. The molecule has 3 heterocycles. The van der Waals surface area contributed by atoms with Crippen molar-refractivity contribution in [2.75, 3.05) is 19.6 Å². The number of para-hydroxylation sites is 6. The lowest BCUT2D eigenvalue weighted by molar-refractivity contribution is 1.28. The predicted molar refractivity (Wildman–Crippen MR) is 315 cm³/mol. The van der Waals surface area contributed by atoms with Crippen molar-refractivity contribution in [1.82, 2.24) is 0 Å². The summed E-state index contributed by atoms with van der Waals surface area (Å²) in [6.45, 7) is 0. The highest BCUT2D eigenvalue weighted by Gasteiger charge is 2.20. The largest absolute Gasteiger partial charge is 0.311 e. The maximum atomic E-state index is 2.36. The molecule has 4 nitrogen and oxygen atoms in total. The molecule has 0 N–H and O–H groups in total. The molecule has 0 saturated heterocycles. The fraction of sp³-hybridized carbons (Fsp3) is 0. The lowest BCUT2D eigenvalue weighted by Crippen LogP contribution is -2.09. The summed E-state index contributed by atoms with van der Waals surface area (Å²) in [5.41, 5.74) is 13.6. The molecular formula is C66H48N4S3. The quantitative estimate of drug-likeness (QED) is 0.101. The van der Waals surface area contributed by atoms with E-state index in [0.717, 1.165) is 66.2 Å². The molecule has 0 saturated carbocycles. The SMILES string of the molecule is c1ccc(N(c2ccccc2)c2ccc(-c3ccc(N(c4ccc(-c5ccc(N(c6ccccc6)c6ccccc6)s5)cc4)c4ccc(-c5ccc(N(c6ccccc6)c6ccccc6)s5)cc4)cc3)s2)cc1. The van der Waals surface area contributed by atoms with Crippen LogP contribution in [0.15, 0.2) is 291 Å². The van der Waals surface area contributed by atoms with Crippen molar-refractivity contribution >= 4 is 100 Å². The number of benzene rings is 9. The minimum absolute atomic E-state index is 1.08. The first-order valence-electron chi connectivity index (χ1n) is 24.3. The van der Waals surface area contributed by atoms with Gasteiger partial charge in [0.15, 0.2) is 0 Å². The van der Waals surface area contributed by atoms with Gasteiger partial charge in [0, 0.05) is 65.8 Å². The molecule has 3 aromatic heterocycles. The average Bonchev–Trinajstić information content (AvgIpc) is 4.27. The molecule has 0 unspecified atom stereocenters. The van der Waals surface area contributed by atoms with Crippen LogP contribution in [0.5, 0.6) is 0 Å². The lowest BCUT2D eigenvalue weighted by Gasteiger charge is -2.26. The van der Waals surface area contributed by atoms with E-state index in [1.807, 2.05) is 0 Å². The maximum absolute atomic E-state index is 2.36. The number of nitrogens with zero attached hydrogens (tertiary/aromatic N) is 4. The molecule has 73 heavy (non-hydrogen) atoms. The summed E-state index contributed by atoms with van der Waals surface area (Å²) in [5.74, 6) is 0. The number of thiophene rings is 3. The molecule has 0 aliphatic carbocycles. The van der Waals surface area contributed by atoms with Crippen LogP contribution in [-0.4, -0.2) is 0 Å². The Morgan fingerprint density at radius 2 is 0.356 bits per heavy atom. The van der Waals surface area contributed by atoms with Gasteiger partial charge in [-0.25, -0.2) is 0 Å². The van der Waals surface area contributed by atoms with Crippen LogP contribution in [0.4, 0.5) is 66.2 Å². The summed E-state index contributed by atoms with van der Waals surface area (Å²) < 4.78 is 0. The second-order valence-electron chi connectivity index (χ2n) is 17.4. The van der Waals surface area contributed by atoms with Gasteiger partial charge in [-0.2, -0.15) is 0 Å². The smallest absolute Gasteiger partial charge is 0.101 e. The van der Waals surface area contributed by atoms with Crippen molar-refractivity contribution in [2.45, 2.75) is 0 Å². The van der Waals surface area contributed by atoms with Crippen LogP contribution in [0.3, 0.4) is 0 Å². The molecule has 0 fully saturated rings. The zero-order valence-corrected chi connectivity index (χ0v) is 42.2. The van der Waals surface area contributed by atoms with E-state index in [4.69, 9.17) is 0 Å². The number of hydrogen-bond donors (Lipinski definition) is 0. The molecule has 12 rings (SSSR count). The van der Waals surface area contributed by atoms with Gasteiger partial charge in [-0.1, -0.05) is 146 Å². The predicted octanol–water partition coefficient (Wildman–Crippen LogP) is 20.8. The van der Waals surface area contributed by atoms with Gasteiger partial charge in [0.05, 0.1) is 0 Å². The van der Waals surface area contributed by atoms with E-state index < -0.39 is 0 Å². The third-order valence-corrected chi connectivity index (χ3v) is 16.1. The highest BCUT2D eigenvalue weighted by atomic mass is 32.1. The summed E-state index contributed by atoms with van der Waals surface area (Å²) in [6, 6.07) is 104. The number of rotatable bonds is 15. The minimum Gasteiger partial charge on any atom is -0.311 e. The minimum atomic E-state index is 1.08. The van der Waals surface area contributed by atoms with Crippen LogP contribution >= 0.6 is 34.0 Å². The summed E-state index contributed by atoms with van der Waals surface area (Å²) >= 11 is 5.40. The molecule has 0 spiro atoms. The first-order chi connectivity index (χ1) is 36.2. The molecule has 0 atom stereocenters. The molecule has 7 heteroatoms. The van der Waals surface area contributed by atoms with Crippen molar-refractivity contribution in [3.05, 3.63) is 291 Å². The van der Waals surface area contributed by atoms with Crippen LogP contribution in [0.2, 0.25) is 0 Å². The zero-order chi connectivity index (χ0) is 48.8. The molecule has 350 valence electrons. The Kier molecular flexibility index (Phi) is 13.0. The van der Waals surface area contributed by atoms with Crippen LogP contribution in [0, 0.1) is 0 Å². The molecule has 12 aromatic rings. The summed E-state index contributed by atoms with van der Waals surface area (Å²) in [7, 11) is 0. The summed E-state index contributed by atoms with van der Waals surface area (Å²) in [5, 5.41) is 3.49. The Hall–Kier alpha value is -8.72. The zero-order valence-electron chi connectivity index (χ0n) is 39.7. The van der Waals surface area contributed by atoms with Gasteiger partial charge in [-0.15, -0.1) is 34.0 Å². The van der Waals surface area contributed by atoms with Gasteiger partial charge in [-0.3, -0.25) is 0 Å². The van der Waals surface area contributed by atoms with Crippen LogP contribution in [0.25, 0.3) is 31.3 Å². The van der Waals surface area contributed by atoms with Crippen molar-refractivity contribution < 1.29 is 0 Å². The third kappa shape index (κ3) is 9.73. The van der Waals surface area contributed by atoms with E-state index >= 15 is 0 Å². The van der Waals surface area contributed by atoms with Gasteiger partial charge in [0.1, 0.15) is 15.0 Å². The summed E-state index contributed by atoms with van der Waals surface area (Å²) in [6.07, 6.45) is 0. The normalized spacial score (nSPS) is 11.0. The Bertz CT molecular complexity index is 3140. The van der Waals surface area contributed by atoms with E-state index in [-0.39, 0.29) is 0 Å². The number of hydrogen-bond acceptors (Lipinski definition) is 7. The number of anilines is 12. The molecule has 0 amide bonds. The Labute approximate surface area is 439 Å². The average molecular weight is 993 g/mol. The standard InChI is InChI=1S/C66H48N4S3/c1-7-19-52(20-8-1)68(53-21-9-2-10-22-53)64-46-43-61(71-64)49-31-37-58(38-32-49)67(59-39-33-50(34-40-59)62-44-47-65(72-62)69(54-23-11-3-12-24-54)55-25-13-4-14-26-55)60-41-35-51(36-42-60)63-45-48-66(73-63)70(56-27-15-5-16-28-56)57-29-17-6-18-30-57/h1-48H. The van der Waals surface area contributed by atoms with Crippen LogP contribution in [-0.2, 0) is 0 Å². The van der Waals surface area contributed by atoms with E-state index in [9.17, 15) is 0 Å². The Morgan fingerprint density at radius 1 is 0.164 bits per heavy atom. The van der Waals surface area contributed by atoms with E-state index in [2.05, 4.69) is 311 Å². The summed E-state index contributed by atoms with van der Waals surface area (Å²) in [4.78, 5) is 13.0. The molecule has 0 radical (unpaired) electrons. The highest BCUT2D eigenvalue weighted by molar-refractivity contribution is 7.20. The molecule has 9 aromatic carbocycles. The van der Waals surface area contributed by atoms with Crippen molar-refractivity contribution in [2.24, 2.45) is 0 Å². The van der Waals surface area contributed by atoms with Crippen LogP contribution in [0.1, 0.15) is 0 Å². The van der Waals surface area contributed by atoms with Gasteiger partial charge in [-0.05, 0) is 162 Å². The van der Waals surface area contributed by atoms with Crippen LogP contribution < -0.4 is 19.6 Å². The van der Waals surface area contributed by atoms with Crippen molar-refractivity contribution in [3.63, 3.8) is 0 Å². The van der Waals surface area contributed by atoms with Gasteiger partial charge >= 0.3 is 0 Å². The van der Waals surface area contributed by atoms with Gasteiger partial charge in [0.25, 0.3) is 0 Å². The van der Waals surface area contributed by atoms with Gasteiger partial charge in [0.2, 0.25) is 0 Å². The molecule has 0 aliphatic rings. The third-order valence-electron chi connectivity index (χ3n) is 12.8. The van der Waals surface area contributed by atoms with E-state index in [0.29, 0.717) is 0 Å². The topological polar surface area (TPSA) is 13.0 Å². The first kappa shape index (κ1) is 45.4. The maximum Gasteiger partial charge on any atom is 0.101 e. The fourth-order valence-electron chi connectivity index (χ4n) is 9.25. The lowest BCUT2D eigenvalue weighted by atomic mass is 10.1. The molecule has 0 aliphatic heterocycles. The second kappa shape index (κ2) is 20.9. The Balaban J connectivity index is 0.872. The van der Waals surface area contributed by atoms with Crippen molar-refractivity contribution in [3.8, 4) is 31.3 Å². The first-order valence-corrected chi connectivity index (χ1v) is 26.8. The van der Waals surface area contributed by atoms with Gasteiger partial charge < -0.3 is 19.6 Å². The van der Waals surface area contributed by atoms with E-state index in [1.165, 1.54) is 31.3 Å².